The van der Waals surface area contributed by atoms with E-state index in [1.165, 1.54) is 64.2 Å². The van der Waals surface area contributed by atoms with Crippen LogP contribution in [0.25, 0.3) is 64.2 Å². The number of nitrogens with zero attached hydrogens (tertiary/aromatic N) is 3. The van der Waals surface area contributed by atoms with Gasteiger partial charge in [0.05, 0.1) is 16.7 Å². The third-order valence-electron chi connectivity index (χ3n) is 9.03. The van der Waals surface area contributed by atoms with E-state index in [9.17, 15) is 0 Å². The molecular weight excluding hydrogens is 567 g/mol. The Morgan fingerprint density at radius 3 is 2.09 bits per heavy atom. The lowest BCUT2D eigenvalue weighted by molar-refractivity contribution is 0.266. The summed E-state index contributed by atoms with van der Waals surface area (Å²) < 4.78 is 5.05. The van der Waals surface area contributed by atoms with E-state index in [0.717, 1.165) is 11.3 Å². The normalized spacial score (nSPS) is 15.0. The predicted octanol–water partition coefficient (Wildman–Crippen LogP) is 10.9. The number of rotatable bonds is 4. The van der Waals surface area contributed by atoms with Crippen LogP contribution in [0.15, 0.2) is 157 Å². The molecule has 214 valence electrons. The van der Waals surface area contributed by atoms with Crippen molar-refractivity contribution in [1.82, 2.24) is 9.47 Å². The van der Waals surface area contributed by atoms with Gasteiger partial charge in [-0.05, 0) is 58.2 Å². The Hall–Kier alpha value is -5.45. The number of hydrogen-bond donors (Lipinski definition) is 0. The number of hydrogen-bond acceptors (Lipinski definition) is 3. The average molecular weight is 596 g/mol. The highest BCUT2D eigenvalue weighted by atomic mass is 32.1. The molecule has 0 bridgehead atoms. The van der Waals surface area contributed by atoms with Crippen molar-refractivity contribution in [3.8, 4) is 22.3 Å². The van der Waals surface area contributed by atoms with Gasteiger partial charge in [-0.1, -0.05) is 115 Å². The molecule has 1 aliphatic heterocycles. The average Bonchev–Trinajstić information content (AvgIpc) is 3.65. The maximum atomic E-state index is 5.34. The van der Waals surface area contributed by atoms with Gasteiger partial charge in [0.2, 0.25) is 6.29 Å². The number of allylic oxidation sites excluding steroid dienone is 1. The lowest BCUT2D eigenvalue weighted by Gasteiger charge is -2.30. The molecule has 0 spiro atoms. The number of benzene rings is 6. The minimum atomic E-state index is -0.210. The molecule has 4 heteroatoms. The van der Waals surface area contributed by atoms with Crippen molar-refractivity contribution in [1.29, 1.82) is 0 Å². The first-order valence-electron chi connectivity index (χ1n) is 15.3. The van der Waals surface area contributed by atoms with Crippen molar-refractivity contribution in [2.24, 2.45) is 4.99 Å². The minimum absolute atomic E-state index is 0.210. The van der Waals surface area contributed by atoms with Crippen molar-refractivity contribution in [3.63, 3.8) is 0 Å². The molecule has 0 fully saturated rings. The topological polar surface area (TPSA) is 20.5 Å². The van der Waals surface area contributed by atoms with E-state index in [0.29, 0.717) is 0 Å². The van der Waals surface area contributed by atoms with Crippen molar-refractivity contribution in [2.45, 2.75) is 6.29 Å². The summed E-state index contributed by atoms with van der Waals surface area (Å²) in [5.41, 5.74) is 9.40. The van der Waals surface area contributed by atoms with Gasteiger partial charge in [-0.15, -0.1) is 11.3 Å². The van der Waals surface area contributed by atoms with E-state index in [1.807, 2.05) is 11.3 Å². The summed E-state index contributed by atoms with van der Waals surface area (Å²) in [5.74, 6) is 0. The molecule has 0 radical (unpaired) electrons. The van der Waals surface area contributed by atoms with E-state index in [4.69, 9.17) is 4.99 Å². The highest BCUT2D eigenvalue weighted by Gasteiger charge is 2.23. The number of para-hydroxylation sites is 1. The SMILES string of the molecule is CN1C=CC(c2ccc(-c3ccccc3)cc2)=NC1n1c2ccccc2c2cc(-c3cccc4c3sc3ccccc34)ccc21. The first-order chi connectivity index (χ1) is 22.2. The molecule has 3 heterocycles. The number of aromatic nitrogens is 1. The van der Waals surface area contributed by atoms with Crippen LogP contribution in [0.5, 0.6) is 0 Å². The molecule has 1 atom stereocenters. The number of aliphatic imine (C=N–C) groups is 1. The van der Waals surface area contributed by atoms with Crippen LogP contribution in [0, 0.1) is 0 Å². The fourth-order valence-electron chi connectivity index (χ4n) is 6.79. The second kappa shape index (κ2) is 10.3. The highest BCUT2D eigenvalue weighted by Crippen LogP contribution is 2.42. The third kappa shape index (κ3) is 4.21. The quantitative estimate of drug-likeness (QED) is 0.198. The van der Waals surface area contributed by atoms with Crippen LogP contribution in [0.3, 0.4) is 0 Å². The van der Waals surface area contributed by atoms with Crippen LogP contribution >= 0.6 is 11.3 Å². The maximum Gasteiger partial charge on any atom is 0.203 e. The van der Waals surface area contributed by atoms with Gasteiger partial charge in [-0.2, -0.15) is 0 Å². The summed E-state index contributed by atoms with van der Waals surface area (Å²) in [5, 5.41) is 5.14. The third-order valence-corrected chi connectivity index (χ3v) is 10.3. The second-order valence-corrected chi connectivity index (χ2v) is 12.7. The maximum absolute atomic E-state index is 5.34. The van der Waals surface area contributed by atoms with Crippen molar-refractivity contribution in [2.75, 3.05) is 7.05 Å². The molecule has 9 rings (SSSR count). The molecule has 0 amide bonds. The Morgan fingerprint density at radius 2 is 1.22 bits per heavy atom. The Kier molecular flexibility index (Phi) is 5.97. The van der Waals surface area contributed by atoms with Crippen LogP contribution < -0.4 is 0 Å². The Balaban J connectivity index is 1.17. The minimum Gasteiger partial charge on any atom is -0.342 e. The summed E-state index contributed by atoms with van der Waals surface area (Å²) in [6, 6.07) is 50.3. The molecule has 0 aliphatic carbocycles. The molecular formula is C41H29N3S. The van der Waals surface area contributed by atoms with Gasteiger partial charge >= 0.3 is 0 Å². The molecule has 6 aromatic carbocycles. The smallest absolute Gasteiger partial charge is 0.203 e. The molecule has 0 saturated carbocycles. The lowest BCUT2D eigenvalue weighted by Crippen LogP contribution is -2.27. The summed E-state index contributed by atoms with van der Waals surface area (Å²) in [6.07, 6.45) is 4.05. The molecule has 0 saturated heterocycles. The van der Waals surface area contributed by atoms with Gasteiger partial charge in [0.15, 0.2) is 0 Å². The van der Waals surface area contributed by atoms with Gasteiger partial charge in [0.1, 0.15) is 0 Å². The summed E-state index contributed by atoms with van der Waals surface area (Å²) in [6.45, 7) is 0. The summed E-state index contributed by atoms with van der Waals surface area (Å²) >= 11 is 1.88. The van der Waals surface area contributed by atoms with Crippen LogP contribution in [-0.4, -0.2) is 22.2 Å². The fraction of sp³-hybridized carbons (Fsp3) is 0.0488. The molecule has 0 N–H and O–H groups in total. The first-order valence-corrected chi connectivity index (χ1v) is 16.1. The van der Waals surface area contributed by atoms with Crippen molar-refractivity contribution in [3.05, 3.63) is 157 Å². The van der Waals surface area contributed by atoms with E-state index < -0.39 is 0 Å². The van der Waals surface area contributed by atoms with Crippen molar-refractivity contribution < 1.29 is 0 Å². The summed E-state index contributed by atoms with van der Waals surface area (Å²) in [7, 11) is 2.11. The molecule has 1 aliphatic rings. The van der Waals surface area contributed by atoms with Gasteiger partial charge in [0, 0.05) is 44.2 Å². The van der Waals surface area contributed by atoms with Crippen LogP contribution in [0.2, 0.25) is 0 Å². The zero-order valence-electron chi connectivity index (χ0n) is 24.8. The van der Waals surface area contributed by atoms with Gasteiger partial charge in [0.25, 0.3) is 0 Å². The molecule has 8 aromatic rings. The number of thiophene rings is 1. The van der Waals surface area contributed by atoms with Gasteiger partial charge in [-0.25, -0.2) is 4.99 Å². The Bertz CT molecular complexity index is 2450. The summed E-state index contributed by atoms with van der Waals surface area (Å²) in [4.78, 5) is 7.54. The first kappa shape index (κ1) is 26.0. The molecule has 45 heavy (non-hydrogen) atoms. The van der Waals surface area contributed by atoms with Crippen LogP contribution in [-0.2, 0) is 0 Å². The second-order valence-electron chi connectivity index (χ2n) is 11.7. The van der Waals surface area contributed by atoms with Crippen molar-refractivity contribution >= 4 is 59.0 Å². The van der Waals surface area contributed by atoms with E-state index in [-0.39, 0.29) is 6.29 Å². The largest absolute Gasteiger partial charge is 0.342 e. The fourth-order valence-corrected chi connectivity index (χ4v) is 8.03. The van der Waals surface area contributed by atoms with Gasteiger partial charge in [-0.3, -0.25) is 0 Å². The van der Waals surface area contributed by atoms with Crippen LogP contribution in [0.4, 0.5) is 0 Å². The molecule has 3 nitrogen and oxygen atoms in total. The Morgan fingerprint density at radius 1 is 0.556 bits per heavy atom. The van der Waals surface area contributed by atoms with E-state index in [2.05, 4.69) is 168 Å². The standard InChI is InChI=1S/C41H29N3S/c1-43-25-24-36(29-20-18-28(19-21-29)27-10-3-2-4-11-27)42-41(43)44-37-16-7-5-12-32(37)35-26-30(22-23-38(35)44)31-14-9-15-34-33-13-6-8-17-39(33)45-40(31)34/h2-26,41H,1H3. The van der Waals surface area contributed by atoms with E-state index >= 15 is 0 Å². The molecule has 1 unspecified atom stereocenters. The monoisotopic (exact) mass is 595 g/mol. The Labute approximate surface area is 265 Å². The van der Waals surface area contributed by atoms with Crippen LogP contribution in [0.1, 0.15) is 11.9 Å². The zero-order chi connectivity index (χ0) is 29.9. The van der Waals surface area contributed by atoms with E-state index in [1.54, 1.807) is 0 Å². The number of fused-ring (bicyclic) bond motifs is 6. The predicted molar refractivity (Wildman–Crippen MR) is 192 cm³/mol. The zero-order valence-corrected chi connectivity index (χ0v) is 25.6. The van der Waals surface area contributed by atoms with Gasteiger partial charge < -0.3 is 9.47 Å². The molecule has 2 aromatic heterocycles. The highest BCUT2D eigenvalue weighted by molar-refractivity contribution is 7.26. The lowest BCUT2D eigenvalue weighted by atomic mass is 10.0.